The predicted molar refractivity (Wildman–Crippen MR) is 105 cm³/mol. The Kier molecular flexibility index (Phi) is 14.0. The van der Waals surface area contributed by atoms with E-state index in [4.69, 9.17) is 10.6 Å². The van der Waals surface area contributed by atoms with Gasteiger partial charge in [0.25, 0.3) is 0 Å². The van der Waals surface area contributed by atoms with Gasteiger partial charge in [0, 0.05) is 13.0 Å². The average Bonchev–Trinajstić information content (AvgIpc) is 2.64. The molecule has 1 fully saturated rings. The van der Waals surface area contributed by atoms with Crippen LogP contribution >= 0.6 is 0 Å². The number of unbranched alkanes of at least 4 members (excludes halogenated alkanes) is 8. The summed E-state index contributed by atoms with van der Waals surface area (Å²) in [7, 11) is 0. The molecular formula is C21H42N2O2. The van der Waals surface area contributed by atoms with Crippen molar-refractivity contribution in [3.8, 4) is 0 Å². The van der Waals surface area contributed by atoms with Gasteiger partial charge in [0.15, 0.2) is 0 Å². The molecule has 0 aromatic rings. The summed E-state index contributed by atoms with van der Waals surface area (Å²) in [4.78, 5) is 18.7. The molecule has 4 heteroatoms. The van der Waals surface area contributed by atoms with Crippen LogP contribution in [0, 0.1) is 0 Å². The van der Waals surface area contributed by atoms with E-state index in [-0.39, 0.29) is 12.0 Å². The summed E-state index contributed by atoms with van der Waals surface area (Å²) in [5.41, 5.74) is 5.53. The summed E-state index contributed by atoms with van der Waals surface area (Å²) in [6, 6.07) is 0. The van der Waals surface area contributed by atoms with Gasteiger partial charge in [0.2, 0.25) is 5.91 Å². The normalized spacial score (nSPS) is 15.4. The second kappa shape index (κ2) is 15.6. The largest absolute Gasteiger partial charge is 0.330 e. The molecule has 0 bridgehead atoms. The number of hydrogen-bond donors (Lipinski definition) is 1. The van der Waals surface area contributed by atoms with Crippen molar-refractivity contribution in [3.05, 3.63) is 0 Å². The lowest BCUT2D eigenvalue weighted by Gasteiger charge is -2.29. The van der Waals surface area contributed by atoms with Gasteiger partial charge in [-0.3, -0.25) is 9.63 Å². The number of nitrogens with two attached hydrogens (primary N) is 1. The molecule has 0 aromatic heterocycles. The van der Waals surface area contributed by atoms with Gasteiger partial charge in [-0.05, 0) is 38.6 Å². The molecule has 0 aromatic carbocycles. The third-order valence-corrected chi connectivity index (χ3v) is 5.17. The Hall–Kier alpha value is -0.610. The molecule has 1 saturated carbocycles. The van der Waals surface area contributed by atoms with Crippen LogP contribution in [0.25, 0.3) is 0 Å². The molecule has 0 saturated heterocycles. The number of carbonyl (C=O) groups is 1. The molecule has 0 atom stereocenters. The lowest BCUT2D eigenvalue weighted by molar-refractivity contribution is -0.211. The van der Waals surface area contributed by atoms with Gasteiger partial charge in [0.1, 0.15) is 0 Å². The average molecular weight is 355 g/mol. The number of nitrogens with zero attached hydrogens (tertiary/aromatic N) is 1. The van der Waals surface area contributed by atoms with Crippen molar-refractivity contribution in [2.24, 2.45) is 5.73 Å². The van der Waals surface area contributed by atoms with E-state index in [1.807, 2.05) is 0 Å². The van der Waals surface area contributed by atoms with Crippen LogP contribution in [0.15, 0.2) is 0 Å². The minimum Gasteiger partial charge on any atom is -0.330 e. The minimum absolute atomic E-state index is 0.187. The molecule has 1 aliphatic rings. The fourth-order valence-corrected chi connectivity index (χ4v) is 3.52. The summed E-state index contributed by atoms with van der Waals surface area (Å²) < 4.78 is 0. The topological polar surface area (TPSA) is 55.6 Å². The van der Waals surface area contributed by atoms with E-state index in [0.29, 0.717) is 6.42 Å². The zero-order valence-electron chi connectivity index (χ0n) is 16.6. The lowest BCUT2D eigenvalue weighted by atomic mass is 9.98. The Balaban J connectivity index is 2.30. The van der Waals surface area contributed by atoms with E-state index in [2.05, 4.69) is 6.92 Å². The van der Waals surface area contributed by atoms with E-state index < -0.39 is 0 Å². The first-order valence-corrected chi connectivity index (χ1v) is 10.9. The maximum absolute atomic E-state index is 12.6. The molecule has 1 amide bonds. The van der Waals surface area contributed by atoms with Gasteiger partial charge in [-0.2, -0.15) is 0 Å². The summed E-state index contributed by atoms with van der Waals surface area (Å²) in [5.74, 6) is 0.187. The third-order valence-electron chi connectivity index (χ3n) is 5.17. The molecule has 0 spiro atoms. The zero-order valence-corrected chi connectivity index (χ0v) is 16.6. The maximum Gasteiger partial charge on any atom is 0.246 e. The van der Waals surface area contributed by atoms with Gasteiger partial charge in [0.05, 0.1) is 6.10 Å². The van der Waals surface area contributed by atoms with Crippen LogP contribution in [0.5, 0.6) is 0 Å². The molecule has 0 aliphatic heterocycles. The SMILES string of the molecule is CCCCCCCCN(OC1CCCCC1)C(=O)CCCCCCN. The van der Waals surface area contributed by atoms with Crippen LogP contribution in [0.1, 0.15) is 110 Å². The van der Waals surface area contributed by atoms with Crippen LogP contribution in [-0.4, -0.2) is 30.2 Å². The number of hydroxylamine groups is 2. The van der Waals surface area contributed by atoms with Crippen molar-refractivity contribution in [1.29, 1.82) is 0 Å². The van der Waals surface area contributed by atoms with Crippen molar-refractivity contribution < 1.29 is 9.63 Å². The highest BCUT2D eigenvalue weighted by molar-refractivity contribution is 5.75. The lowest BCUT2D eigenvalue weighted by Crippen LogP contribution is -2.36. The molecule has 1 aliphatic carbocycles. The van der Waals surface area contributed by atoms with Crippen molar-refractivity contribution in [3.63, 3.8) is 0 Å². The first kappa shape index (κ1) is 22.4. The van der Waals surface area contributed by atoms with Crippen LogP contribution in [0.2, 0.25) is 0 Å². The monoisotopic (exact) mass is 354 g/mol. The van der Waals surface area contributed by atoms with E-state index >= 15 is 0 Å². The van der Waals surface area contributed by atoms with Gasteiger partial charge >= 0.3 is 0 Å². The minimum atomic E-state index is 0.187. The number of hydrogen-bond acceptors (Lipinski definition) is 3. The van der Waals surface area contributed by atoms with E-state index in [0.717, 1.165) is 58.0 Å². The summed E-state index contributed by atoms with van der Waals surface area (Å²) in [5, 5.41) is 1.72. The van der Waals surface area contributed by atoms with Crippen LogP contribution in [0.3, 0.4) is 0 Å². The zero-order chi connectivity index (χ0) is 18.2. The Morgan fingerprint density at radius 1 is 0.920 bits per heavy atom. The molecule has 1 rings (SSSR count). The van der Waals surface area contributed by atoms with Gasteiger partial charge in [-0.25, -0.2) is 5.06 Å². The van der Waals surface area contributed by atoms with Crippen molar-refractivity contribution in [2.45, 2.75) is 116 Å². The highest BCUT2D eigenvalue weighted by atomic mass is 16.7. The fourth-order valence-electron chi connectivity index (χ4n) is 3.52. The van der Waals surface area contributed by atoms with E-state index in [9.17, 15) is 4.79 Å². The third kappa shape index (κ3) is 11.6. The van der Waals surface area contributed by atoms with E-state index in [1.54, 1.807) is 5.06 Å². The standard InChI is InChI=1S/C21H42N2O2/c1-2-3-4-5-8-14-19-23(25-20-15-10-9-11-16-20)21(24)17-12-6-7-13-18-22/h20H,2-19,22H2,1H3. The highest BCUT2D eigenvalue weighted by Gasteiger charge is 2.21. The quantitative estimate of drug-likeness (QED) is 0.318. The predicted octanol–water partition coefficient (Wildman–Crippen LogP) is 5.35. The Bertz CT molecular complexity index is 317. The van der Waals surface area contributed by atoms with Crippen LogP contribution < -0.4 is 5.73 Å². The molecule has 4 nitrogen and oxygen atoms in total. The Morgan fingerprint density at radius 3 is 2.28 bits per heavy atom. The summed E-state index contributed by atoms with van der Waals surface area (Å²) in [6.45, 7) is 3.76. The van der Waals surface area contributed by atoms with Gasteiger partial charge in [-0.1, -0.05) is 71.1 Å². The number of carbonyl (C=O) groups excluding carboxylic acids is 1. The fraction of sp³-hybridized carbons (Fsp3) is 0.952. The molecule has 0 radical (unpaired) electrons. The molecule has 0 unspecified atom stereocenters. The summed E-state index contributed by atoms with van der Waals surface area (Å²) in [6.07, 6.45) is 18.6. The van der Waals surface area contributed by atoms with Crippen molar-refractivity contribution in [1.82, 2.24) is 5.06 Å². The molecule has 148 valence electrons. The maximum atomic E-state index is 12.6. The highest BCUT2D eigenvalue weighted by Crippen LogP contribution is 2.22. The Morgan fingerprint density at radius 2 is 1.56 bits per heavy atom. The van der Waals surface area contributed by atoms with E-state index in [1.165, 1.54) is 51.4 Å². The second-order valence-corrected chi connectivity index (χ2v) is 7.58. The molecule has 25 heavy (non-hydrogen) atoms. The smallest absolute Gasteiger partial charge is 0.246 e. The van der Waals surface area contributed by atoms with Crippen LogP contribution in [0.4, 0.5) is 0 Å². The second-order valence-electron chi connectivity index (χ2n) is 7.58. The number of amides is 1. The van der Waals surface area contributed by atoms with Gasteiger partial charge < -0.3 is 5.73 Å². The number of rotatable bonds is 15. The molecular weight excluding hydrogens is 312 g/mol. The Labute approximate surface area is 155 Å². The molecule has 2 N–H and O–H groups in total. The first-order chi connectivity index (χ1) is 12.3. The van der Waals surface area contributed by atoms with Crippen molar-refractivity contribution >= 4 is 5.91 Å². The van der Waals surface area contributed by atoms with Crippen LogP contribution in [-0.2, 0) is 9.63 Å². The van der Waals surface area contributed by atoms with Crippen molar-refractivity contribution in [2.75, 3.05) is 13.1 Å². The van der Waals surface area contributed by atoms with Gasteiger partial charge in [-0.15, -0.1) is 0 Å². The summed E-state index contributed by atoms with van der Waals surface area (Å²) >= 11 is 0. The first-order valence-electron chi connectivity index (χ1n) is 10.9. The molecule has 0 heterocycles.